The number of carbonyl (C=O) groups is 1. The fourth-order valence-electron chi connectivity index (χ4n) is 2.02. The van der Waals surface area contributed by atoms with Gasteiger partial charge < -0.3 is 15.0 Å². The number of carboxylic acid groups (broad SMARTS) is 1. The summed E-state index contributed by atoms with van der Waals surface area (Å²) in [6, 6.07) is 3.78. The molecule has 0 saturated heterocycles. The van der Waals surface area contributed by atoms with E-state index in [4.69, 9.17) is 0 Å². The highest BCUT2D eigenvalue weighted by molar-refractivity contribution is 7.13. The molecule has 0 aromatic carbocycles. The van der Waals surface area contributed by atoms with Crippen LogP contribution in [0.1, 0.15) is 12.8 Å². The number of thiophene rings is 1. The summed E-state index contributed by atoms with van der Waals surface area (Å²) in [6.07, 6.45) is 5.70. The number of imidazole rings is 1. The number of carboxylic acids is 1. The molecule has 0 amide bonds. The lowest BCUT2D eigenvalue weighted by atomic mass is 10.3. The lowest BCUT2D eigenvalue weighted by Crippen LogP contribution is -2.41. The third-order valence-corrected chi connectivity index (χ3v) is 4.01. The summed E-state index contributed by atoms with van der Waals surface area (Å²) < 4.78 is 1.90. The van der Waals surface area contributed by atoms with Gasteiger partial charge in [-0.25, -0.2) is 4.98 Å². The molecule has 0 radical (unpaired) electrons. The second-order valence-corrected chi connectivity index (χ2v) is 5.66. The summed E-state index contributed by atoms with van der Waals surface area (Å²) in [5.41, 5.74) is 0. The van der Waals surface area contributed by atoms with Gasteiger partial charge >= 0.3 is 5.97 Å². The van der Waals surface area contributed by atoms with E-state index < -0.39 is 12.0 Å². The molecule has 0 aliphatic heterocycles. The van der Waals surface area contributed by atoms with Gasteiger partial charge in [0.25, 0.3) is 0 Å². The molecule has 19 heavy (non-hydrogen) atoms. The van der Waals surface area contributed by atoms with Crippen LogP contribution >= 0.6 is 11.3 Å². The number of hydrogen-bond acceptors (Lipinski definition) is 4. The SMILES string of the molecule is O=C(O)C(Cn1ccnc1-c1cccs1)NC1CC1. The maximum absolute atomic E-state index is 11.3. The Hall–Kier alpha value is -1.66. The standard InChI is InChI=1S/C13H15N3O2S/c17-13(18)10(15-9-3-4-9)8-16-6-5-14-12(16)11-2-1-7-19-11/h1-2,5-7,9-10,15H,3-4,8H2,(H,17,18). The minimum Gasteiger partial charge on any atom is -0.480 e. The third-order valence-electron chi connectivity index (χ3n) is 3.15. The van der Waals surface area contributed by atoms with Crippen molar-refractivity contribution in [2.45, 2.75) is 31.5 Å². The molecule has 3 rings (SSSR count). The van der Waals surface area contributed by atoms with E-state index >= 15 is 0 Å². The van der Waals surface area contributed by atoms with Crippen molar-refractivity contribution < 1.29 is 9.90 Å². The van der Waals surface area contributed by atoms with Gasteiger partial charge in [-0.3, -0.25) is 4.79 Å². The molecule has 6 heteroatoms. The van der Waals surface area contributed by atoms with Crippen molar-refractivity contribution >= 4 is 17.3 Å². The Morgan fingerprint density at radius 3 is 3.11 bits per heavy atom. The molecule has 1 fully saturated rings. The molecule has 1 aliphatic carbocycles. The van der Waals surface area contributed by atoms with Gasteiger partial charge in [-0.15, -0.1) is 11.3 Å². The molecule has 2 N–H and O–H groups in total. The summed E-state index contributed by atoms with van der Waals surface area (Å²) in [6.45, 7) is 0.402. The van der Waals surface area contributed by atoms with Crippen LogP contribution in [0.2, 0.25) is 0 Å². The topological polar surface area (TPSA) is 67.1 Å². The Kier molecular flexibility index (Phi) is 3.35. The van der Waals surface area contributed by atoms with Crippen LogP contribution in [0.3, 0.4) is 0 Å². The van der Waals surface area contributed by atoms with Crippen LogP contribution in [0, 0.1) is 0 Å². The number of nitrogens with zero attached hydrogens (tertiary/aromatic N) is 2. The fraction of sp³-hybridized carbons (Fsp3) is 0.385. The summed E-state index contributed by atoms with van der Waals surface area (Å²) in [5.74, 6) is 0.0246. The van der Waals surface area contributed by atoms with Crippen molar-refractivity contribution in [3.8, 4) is 10.7 Å². The largest absolute Gasteiger partial charge is 0.480 e. The molecule has 1 unspecified atom stereocenters. The average molecular weight is 277 g/mol. The highest BCUT2D eigenvalue weighted by atomic mass is 32.1. The fourth-order valence-corrected chi connectivity index (χ4v) is 2.76. The van der Waals surface area contributed by atoms with E-state index in [2.05, 4.69) is 10.3 Å². The second kappa shape index (κ2) is 5.14. The Balaban J connectivity index is 1.78. The van der Waals surface area contributed by atoms with Gasteiger partial charge in [0.1, 0.15) is 11.9 Å². The molecule has 1 aliphatic rings. The first-order chi connectivity index (χ1) is 9.24. The summed E-state index contributed by atoms with van der Waals surface area (Å²) in [7, 11) is 0. The zero-order valence-corrected chi connectivity index (χ0v) is 11.1. The molecule has 2 aromatic heterocycles. The molecular formula is C13H15N3O2S. The monoisotopic (exact) mass is 277 g/mol. The second-order valence-electron chi connectivity index (χ2n) is 4.71. The highest BCUT2D eigenvalue weighted by Gasteiger charge is 2.28. The van der Waals surface area contributed by atoms with Crippen molar-refractivity contribution in [3.63, 3.8) is 0 Å². The van der Waals surface area contributed by atoms with Gasteiger partial charge in [0, 0.05) is 18.4 Å². The maximum Gasteiger partial charge on any atom is 0.322 e. The smallest absolute Gasteiger partial charge is 0.322 e. The lowest BCUT2D eigenvalue weighted by Gasteiger charge is -2.15. The minimum atomic E-state index is -0.808. The number of aromatic nitrogens is 2. The Morgan fingerprint density at radius 2 is 2.47 bits per heavy atom. The van der Waals surface area contributed by atoms with E-state index in [1.165, 1.54) is 0 Å². The highest BCUT2D eigenvalue weighted by Crippen LogP contribution is 2.24. The van der Waals surface area contributed by atoms with Crippen LogP contribution in [-0.4, -0.2) is 32.7 Å². The normalized spacial score (nSPS) is 16.4. The van der Waals surface area contributed by atoms with Crippen molar-refractivity contribution in [2.75, 3.05) is 0 Å². The van der Waals surface area contributed by atoms with Crippen molar-refractivity contribution in [1.82, 2.24) is 14.9 Å². The van der Waals surface area contributed by atoms with Crippen LogP contribution in [-0.2, 0) is 11.3 Å². The Labute approximate surface area is 114 Å². The van der Waals surface area contributed by atoms with Gasteiger partial charge in [-0.2, -0.15) is 0 Å². The number of aliphatic carboxylic acids is 1. The lowest BCUT2D eigenvalue weighted by molar-refractivity contribution is -0.139. The van der Waals surface area contributed by atoms with Crippen molar-refractivity contribution in [2.24, 2.45) is 0 Å². The van der Waals surface area contributed by atoms with Crippen LogP contribution < -0.4 is 5.32 Å². The number of rotatable bonds is 6. The first kappa shape index (κ1) is 12.4. The van der Waals surface area contributed by atoms with Gasteiger partial charge in [-0.05, 0) is 24.3 Å². The summed E-state index contributed by atoms with van der Waals surface area (Å²) >= 11 is 1.61. The summed E-state index contributed by atoms with van der Waals surface area (Å²) in [5, 5.41) is 14.4. The van der Waals surface area contributed by atoms with Crippen molar-refractivity contribution in [1.29, 1.82) is 0 Å². The van der Waals surface area contributed by atoms with E-state index in [9.17, 15) is 9.90 Å². The molecule has 2 aromatic rings. The van der Waals surface area contributed by atoms with E-state index in [0.717, 1.165) is 23.5 Å². The van der Waals surface area contributed by atoms with Crippen LogP contribution in [0.15, 0.2) is 29.9 Å². The molecular weight excluding hydrogens is 262 g/mol. The van der Waals surface area contributed by atoms with Crippen LogP contribution in [0.25, 0.3) is 10.7 Å². The van der Waals surface area contributed by atoms with E-state index in [1.807, 2.05) is 28.3 Å². The summed E-state index contributed by atoms with van der Waals surface area (Å²) in [4.78, 5) is 16.7. The molecule has 100 valence electrons. The number of nitrogens with one attached hydrogen (secondary N) is 1. The molecule has 1 atom stereocenters. The van der Waals surface area contributed by atoms with Gasteiger partial charge in [0.2, 0.25) is 0 Å². The maximum atomic E-state index is 11.3. The predicted octanol–water partition coefficient (Wildman–Crippen LogP) is 1.82. The Bertz CT molecular complexity index is 560. The van der Waals surface area contributed by atoms with Gasteiger partial charge in [0.15, 0.2) is 0 Å². The first-order valence-corrected chi connectivity index (χ1v) is 7.16. The molecule has 5 nitrogen and oxygen atoms in total. The molecule has 2 heterocycles. The Morgan fingerprint density at radius 1 is 1.63 bits per heavy atom. The zero-order chi connectivity index (χ0) is 13.2. The molecule has 0 bridgehead atoms. The zero-order valence-electron chi connectivity index (χ0n) is 10.3. The minimum absolute atomic E-state index is 0.370. The van der Waals surface area contributed by atoms with Crippen LogP contribution in [0.4, 0.5) is 0 Å². The van der Waals surface area contributed by atoms with Gasteiger partial charge in [-0.1, -0.05) is 6.07 Å². The molecule has 0 spiro atoms. The van der Waals surface area contributed by atoms with Crippen LogP contribution in [0.5, 0.6) is 0 Å². The quantitative estimate of drug-likeness (QED) is 0.845. The van der Waals surface area contributed by atoms with E-state index in [0.29, 0.717) is 12.6 Å². The average Bonchev–Trinajstić information content (AvgIpc) is 2.89. The third kappa shape index (κ3) is 2.85. The first-order valence-electron chi connectivity index (χ1n) is 6.28. The molecule has 1 saturated carbocycles. The van der Waals surface area contributed by atoms with E-state index in [-0.39, 0.29) is 0 Å². The van der Waals surface area contributed by atoms with Crippen molar-refractivity contribution in [3.05, 3.63) is 29.9 Å². The van der Waals surface area contributed by atoms with Gasteiger partial charge in [0.05, 0.1) is 11.4 Å². The number of hydrogen-bond donors (Lipinski definition) is 2. The van der Waals surface area contributed by atoms with E-state index in [1.54, 1.807) is 17.5 Å². The predicted molar refractivity (Wildman–Crippen MR) is 73.1 cm³/mol.